The first-order chi connectivity index (χ1) is 10.6. The predicted octanol–water partition coefficient (Wildman–Crippen LogP) is 3.18. The van der Waals surface area contributed by atoms with Crippen molar-refractivity contribution in [3.63, 3.8) is 0 Å². The number of carbonyl (C=O) groups is 2. The van der Waals surface area contributed by atoms with Gasteiger partial charge in [0.1, 0.15) is 11.4 Å². The van der Waals surface area contributed by atoms with Crippen molar-refractivity contribution in [2.75, 3.05) is 5.32 Å². The van der Waals surface area contributed by atoms with Gasteiger partial charge < -0.3 is 14.9 Å². The SMILES string of the molecule is CC(C)(C)OC(=O)Nc1c(CC(=O)O)ccc(O)c1CN=[N+]=[N-]. The number of carbonyl (C=O) groups excluding carboxylic acids is 1. The van der Waals surface area contributed by atoms with Crippen LogP contribution in [0.2, 0.25) is 0 Å². The zero-order chi connectivity index (χ0) is 17.6. The smallest absolute Gasteiger partial charge is 0.412 e. The number of rotatable bonds is 5. The molecule has 0 aliphatic heterocycles. The molecule has 0 unspecified atom stereocenters. The Labute approximate surface area is 132 Å². The van der Waals surface area contributed by atoms with Crippen molar-refractivity contribution in [3.8, 4) is 5.75 Å². The summed E-state index contributed by atoms with van der Waals surface area (Å²) in [7, 11) is 0. The van der Waals surface area contributed by atoms with E-state index in [0.717, 1.165) is 0 Å². The molecule has 1 aromatic carbocycles. The van der Waals surface area contributed by atoms with Gasteiger partial charge in [-0.15, -0.1) is 0 Å². The maximum absolute atomic E-state index is 11.9. The van der Waals surface area contributed by atoms with Crippen LogP contribution in [0.5, 0.6) is 5.75 Å². The number of nitrogens with zero attached hydrogens (tertiary/aromatic N) is 3. The lowest BCUT2D eigenvalue weighted by Gasteiger charge is -2.21. The Bertz CT molecular complexity index is 660. The number of aromatic hydroxyl groups is 1. The van der Waals surface area contributed by atoms with Crippen LogP contribution in [-0.4, -0.2) is 27.9 Å². The monoisotopic (exact) mass is 322 g/mol. The van der Waals surface area contributed by atoms with Crippen LogP contribution in [0.15, 0.2) is 17.2 Å². The summed E-state index contributed by atoms with van der Waals surface area (Å²) in [6.45, 7) is 4.77. The quantitative estimate of drug-likeness (QED) is 0.433. The zero-order valence-corrected chi connectivity index (χ0v) is 13.0. The second kappa shape index (κ2) is 7.37. The van der Waals surface area contributed by atoms with Gasteiger partial charge >= 0.3 is 12.1 Å². The van der Waals surface area contributed by atoms with E-state index in [0.29, 0.717) is 0 Å². The number of azide groups is 1. The van der Waals surface area contributed by atoms with E-state index in [1.807, 2.05) is 0 Å². The van der Waals surface area contributed by atoms with Crippen molar-refractivity contribution in [1.82, 2.24) is 0 Å². The van der Waals surface area contributed by atoms with Gasteiger partial charge in [0.15, 0.2) is 0 Å². The molecule has 124 valence electrons. The first-order valence-corrected chi connectivity index (χ1v) is 6.70. The third-order valence-electron chi connectivity index (χ3n) is 2.63. The van der Waals surface area contributed by atoms with Gasteiger partial charge in [0.05, 0.1) is 18.7 Å². The average Bonchev–Trinajstić information content (AvgIpc) is 2.39. The van der Waals surface area contributed by atoms with Crippen molar-refractivity contribution in [2.45, 2.75) is 39.3 Å². The highest BCUT2D eigenvalue weighted by molar-refractivity contribution is 5.89. The molecule has 3 N–H and O–H groups in total. The lowest BCUT2D eigenvalue weighted by atomic mass is 10.0. The number of ether oxygens (including phenoxy) is 1. The Kier molecular flexibility index (Phi) is 5.81. The summed E-state index contributed by atoms with van der Waals surface area (Å²) < 4.78 is 5.12. The summed E-state index contributed by atoms with van der Waals surface area (Å²) in [5.74, 6) is -1.34. The Hall–Kier alpha value is -2.93. The Morgan fingerprint density at radius 2 is 2.04 bits per heavy atom. The van der Waals surface area contributed by atoms with Crippen LogP contribution in [0, 0.1) is 0 Å². The summed E-state index contributed by atoms with van der Waals surface area (Å²) in [5.41, 5.74) is 8.11. The van der Waals surface area contributed by atoms with Crippen LogP contribution in [0.3, 0.4) is 0 Å². The van der Waals surface area contributed by atoms with Crippen LogP contribution >= 0.6 is 0 Å². The molecule has 0 atom stereocenters. The first kappa shape index (κ1) is 18.1. The van der Waals surface area contributed by atoms with E-state index in [2.05, 4.69) is 15.3 Å². The molecule has 0 aliphatic carbocycles. The second-order valence-corrected chi connectivity index (χ2v) is 5.68. The number of aliphatic carboxylic acids is 1. The van der Waals surface area contributed by atoms with Gasteiger partial charge in [-0.2, -0.15) is 0 Å². The number of anilines is 1. The number of carboxylic acids is 1. The molecule has 9 nitrogen and oxygen atoms in total. The molecule has 0 bridgehead atoms. The van der Waals surface area contributed by atoms with Gasteiger partial charge in [-0.25, -0.2) is 4.79 Å². The van der Waals surface area contributed by atoms with Crippen LogP contribution < -0.4 is 5.32 Å². The number of carboxylic acid groups (broad SMARTS) is 1. The third-order valence-corrected chi connectivity index (χ3v) is 2.63. The topological polar surface area (TPSA) is 145 Å². The molecule has 0 fully saturated rings. The molecular formula is C14H18N4O5. The lowest BCUT2D eigenvalue weighted by molar-refractivity contribution is -0.136. The van der Waals surface area contributed by atoms with Crippen molar-refractivity contribution in [3.05, 3.63) is 33.7 Å². The number of phenolic OH excluding ortho intramolecular Hbond substituents is 1. The molecule has 0 aromatic heterocycles. The van der Waals surface area contributed by atoms with Gasteiger partial charge in [-0.1, -0.05) is 11.2 Å². The van der Waals surface area contributed by atoms with Gasteiger partial charge in [-0.05, 0) is 37.9 Å². The van der Waals surface area contributed by atoms with Crippen LogP contribution in [0.4, 0.5) is 10.5 Å². The molecule has 0 saturated heterocycles. The lowest BCUT2D eigenvalue weighted by Crippen LogP contribution is -2.28. The number of amides is 1. The van der Waals surface area contributed by atoms with E-state index in [1.54, 1.807) is 20.8 Å². The fourth-order valence-corrected chi connectivity index (χ4v) is 1.82. The molecule has 0 saturated carbocycles. The number of hydrogen-bond donors (Lipinski definition) is 3. The molecule has 0 spiro atoms. The largest absolute Gasteiger partial charge is 0.508 e. The van der Waals surface area contributed by atoms with Gasteiger partial charge in [0.25, 0.3) is 0 Å². The van der Waals surface area contributed by atoms with Gasteiger partial charge in [-0.3, -0.25) is 10.1 Å². The van der Waals surface area contributed by atoms with Crippen LogP contribution in [0.25, 0.3) is 10.4 Å². The minimum absolute atomic E-state index is 0.0639. The minimum Gasteiger partial charge on any atom is -0.508 e. The number of benzene rings is 1. The van der Waals surface area contributed by atoms with E-state index < -0.39 is 17.7 Å². The van der Waals surface area contributed by atoms with Crippen molar-refractivity contribution in [1.29, 1.82) is 0 Å². The molecule has 0 radical (unpaired) electrons. The maximum Gasteiger partial charge on any atom is 0.412 e. The molecule has 0 heterocycles. The summed E-state index contributed by atoms with van der Waals surface area (Å²) in [6, 6.07) is 2.65. The molecule has 1 amide bonds. The van der Waals surface area contributed by atoms with E-state index in [1.165, 1.54) is 12.1 Å². The standard InChI is InChI=1S/C14H18N4O5/c1-14(2,3)23-13(22)17-12-8(6-11(20)21)4-5-10(19)9(12)7-16-18-15/h4-5,19H,6-7H2,1-3H3,(H,17,22)(H,20,21). The summed E-state index contributed by atoms with van der Waals surface area (Å²) in [5, 5.41) is 24.6. The van der Waals surface area contributed by atoms with E-state index in [4.69, 9.17) is 15.4 Å². The number of phenols is 1. The molecular weight excluding hydrogens is 304 g/mol. The summed E-state index contributed by atoms with van der Waals surface area (Å²) in [6.07, 6.45) is -1.19. The van der Waals surface area contributed by atoms with E-state index in [9.17, 15) is 14.7 Å². The molecule has 1 rings (SSSR count). The number of hydrogen-bond acceptors (Lipinski definition) is 5. The molecule has 1 aromatic rings. The Balaban J connectivity index is 3.26. The van der Waals surface area contributed by atoms with Crippen molar-refractivity contribution >= 4 is 17.7 Å². The molecule has 9 heteroatoms. The second-order valence-electron chi connectivity index (χ2n) is 5.68. The highest BCUT2D eigenvalue weighted by Gasteiger charge is 2.21. The van der Waals surface area contributed by atoms with Crippen molar-refractivity contribution < 1.29 is 24.5 Å². The molecule has 23 heavy (non-hydrogen) atoms. The fourth-order valence-electron chi connectivity index (χ4n) is 1.82. The Morgan fingerprint density at radius 3 is 2.57 bits per heavy atom. The summed E-state index contributed by atoms with van der Waals surface area (Å²) in [4.78, 5) is 25.5. The molecule has 0 aliphatic rings. The van der Waals surface area contributed by atoms with Gasteiger partial charge in [0, 0.05) is 10.5 Å². The predicted molar refractivity (Wildman–Crippen MR) is 82.2 cm³/mol. The van der Waals surface area contributed by atoms with Gasteiger partial charge in [0.2, 0.25) is 0 Å². The minimum atomic E-state index is -1.11. The van der Waals surface area contributed by atoms with Crippen LogP contribution in [-0.2, 0) is 22.5 Å². The maximum atomic E-state index is 11.9. The first-order valence-electron chi connectivity index (χ1n) is 6.70. The normalized spacial score (nSPS) is 10.6. The Morgan fingerprint density at radius 1 is 1.39 bits per heavy atom. The highest BCUT2D eigenvalue weighted by atomic mass is 16.6. The third kappa shape index (κ3) is 5.76. The fraction of sp³-hybridized carbons (Fsp3) is 0.429. The van der Waals surface area contributed by atoms with Crippen LogP contribution in [0.1, 0.15) is 31.9 Å². The average molecular weight is 322 g/mol. The van der Waals surface area contributed by atoms with Crippen molar-refractivity contribution in [2.24, 2.45) is 5.11 Å². The van der Waals surface area contributed by atoms with E-state index >= 15 is 0 Å². The highest BCUT2D eigenvalue weighted by Crippen LogP contribution is 2.31. The van der Waals surface area contributed by atoms with E-state index in [-0.39, 0.29) is 35.5 Å². The number of nitrogens with one attached hydrogen (secondary N) is 1. The zero-order valence-electron chi connectivity index (χ0n) is 13.0. The summed E-state index contributed by atoms with van der Waals surface area (Å²) >= 11 is 0.